The normalized spacial score (nSPS) is 15.9. The summed E-state index contributed by atoms with van der Waals surface area (Å²) in [5, 5.41) is 0. The van der Waals surface area contributed by atoms with E-state index < -0.39 is 33.6 Å². The van der Waals surface area contributed by atoms with E-state index in [-0.39, 0.29) is 26.1 Å². The molecule has 8 nitrogen and oxygen atoms in total. The Labute approximate surface area is 273 Å². The molecule has 0 aromatic heterocycles. The fourth-order valence-corrected chi connectivity index (χ4v) is 5.23. The van der Waals surface area contributed by atoms with Gasteiger partial charge in [-0.2, -0.15) is 0 Å². The molecule has 0 radical (unpaired) electrons. The monoisotopic (exact) mass is 634 g/mol. The minimum atomic E-state index is -0.889. The van der Waals surface area contributed by atoms with E-state index in [1.807, 2.05) is 24.3 Å². The molecule has 0 atom stereocenters. The Morgan fingerprint density at radius 1 is 0.543 bits per heavy atom. The number of hydrogen-bond acceptors (Lipinski definition) is 8. The summed E-state index contributed by atoms with van der Waals surface area (Å²) in [6, 6.07) is 0. The van der Waals surface area contributed by atoms with Crippen LogP contribution in [0.5, 0.6) is 0 Å². The van der Waals surface area contributed by atoms with E-state index in [1.165, 1.54) is 0 Å². The highest BCUT2D eigenvalue weighted by Crippen LogP contribution is 2.45. The van der Waals surface area contributed by atoms with Crippen LogP contribution >= 0.6 is 0 Å². The first kappa shape index (κ1) is 38.2. The van der Waals surface area contributed by atoms with E-state index in [0.29, 0.717) is 35.1 Å². The van der Waals surface area contributed by atoms with Crippen molar-refractivity contribution in [1.29, 1.82) is 0 Å². The summed E-state index contributed by atoms with van der Waals surface area (Å²) in [6.45, 7) is 18.0. The lowest BCUT2D eigenvalue weighted by Gasteiger charge is -2.33. The van der Waals surface area contributed by atoms with Gasteiger partial charge in [0.1, 0.15) is 25.1 Å². The van der Waals surface area contributed by atoms with Crippen LogP contribution in [0.4, 0.5) is 0 Å². The highest BCUT2D eigenvalue weighted by molar-refractivity contribution is 5.82. The van der Waals surface area contributed by atoms with Gasteiger partial charge < -0.3 is 28.7 Å². The first-order chi connectivity index (χ1) is 21.3. The van der Waals surface area contributed by atoms with Crippen molar-refractivity contribution in [3.8, 4) is 0 Å². The molecule has 0 amide bonds. The van der Waals surface area contributed by atoms with Crippen LogP contribution in [0.15, 0.2) is 68.9 Å². The molecule has 0 aromatic rings. The van der Waals surface area contributed by atoms with Gasteiger partial charge in [-0.15, -0.1) is 0 Å². The van der Waals surface area contributed by atoms with Crippen LogP contribution in [-0.2, 0) is 38.2 Å². The van der Waals surface area contributed by atoms with Crippen LogP contribution in [0.3, 0.4) is 0 Å². The number of aldehydes is 4. The summed E-state index contributed by atoms with van der Waals surface area (Å²) in [4.78, 5) is 75.4. The number of carbonyl (C=O) groups is 6. The van der Waals surface area contributed by atoms with Crippen molar-refractivity contribution in [2.45, 2.75) is 94.9 Å². The molecule has 0 saturated heterocycles. The van der Waals surface area contributed by atoms with Crippen molar-refractivity contribution in [3.63, 3.8) is 0 Å². The molecule has 0 heterocycles. The van der Waals surface area contributed by atoms with Crippen molar-refractivity contribution < 1.29 is 38.2 Å². The maximum absolute atomic E-state index is 13.2. The van der Waals surface area contributed by atoms with E-state index in [2.05, 4.69) is 0 Å². The molecule has 46 heavy (non-hydrogen) atoms. The molecular weight excluding hydrogens is 584 g/mol. The predicted octanol–water partition coefficient (Wildman–Crippen LogP) is 6.90. The van der Waals surface area contributed by atoms with Crippen molar-refractivity contribution >= 4 is 37.1 Å². The topological polar surface area (TPSA) is 121 Å². The molecule has 0 unspecified atom stereocenters. The SMILES string of the molecule is CCOC(=O)CC(=C1C=C(C(C)(C)C=O)CC(C(C)(C)C=O)=C1)C(CC(=O)OCC)=C1C=C(C(C)(C)C=O)CC(C(C)(C)C=O)=C1. The zero-order chi connectivity index (χ0) is 35.1. The van der Waals surface area contributed by atoms with Crippen LogP contribution in [0, 0.1) is 21.7 Å². The second-order valence-corrected chi connectivity index (χ2v) is 14.2. The Balaban J connectivity index is 3.26. The van der Waals surface area contributed by atoms with Gasteiger partial charge >= 0.3 is 11.9 Å². The smallest absolute Gasteiger partial charge is 0.310 e. The minimum Gasteiger partial charge on any atom is -0.466 e. The van der Waals surface area contributed by atoms with Gasteiger partial charge in [-0.1, -0.05) is 46.6 Å². The van der Waals surface area contributed by atoms with Gasteiger partial charge in [-0.25, -0.2) is 0 Å². The average molecular weight is 635 g/mol. The largest absolute Gasteiger partial charge is 0.466 e. The Hall–Kier alpha value is -3.94. The molecule has 0 bridgehead atoms. The Bertz CT molecular complexity index is 1260. The molecule has 0 fully saturated rings. The number of allylic oxidation sites excluding steroid dienone is 10. The first-order valence-corrected chi connectivity index (χ1v) is 15.8. The lowest BCUT2D eigenvalue weighted by atomic mass is 9.70. The Kier molecular flexibility index (Phi) is 12.6. The molecule has 2 rings (SSSR count). The predicted molar refractivity (Wildman–Crippen MR) is 177 cm³/mol. The molecule has 0 N–H and O–H groups in total. The molecule has 8 heteroatoms. The van der Waals surface area contributed by atoms with Crippen LogP contribution in [0.25, 0.3) is 0 Å². The third-order valence-corrected chi connectivity index (χ3v) is 8.88. The van der Waals surface area contributed by atoms with Gasteiger partial charge in [0.05, 0.1) is 26.1 Å². The zero-order valence-corrected chi connectivity index (χ0v) is 29.1. The average Bonchev–Trinajstić information content (AvgIpc) is 3.02. The summed E-state index contributed by atoms with van der Waals surface area (Å²) in [6.07, 6.45) is 11.1. The lowest BCUT2D eigenvalue weighted by Crippen LogP contribution is -2.25. The summed E-state index contributed by atoms with van der Waals surface area (Å²) < 4.78 is 10.8. The van der Waals surface area contributed by atoms with E-state index in [0.717, 1.165) is 47.4 Å². The van der Waals surface area contributed by atoms with Gasteiger partial charge in [0.2, 0.25) is 0 Å². The Morgan fingerprint density at radius 2 is 0.783 bits per heavy atom. The molecule has 0 spiro atoms. The third kappa shape index (κ3) is 9.08. The molecule has 2 aliphatic rings. The van der Waals surface area contributed by atoms with Crippen molar-refractivity contribution in [3.05, 3.63) is 68.9 Å². The molecule has 0 saturated carbocycles. The summed E-state index contributed by atoms with van der Waals surface area (Å²) in [5.74, 6) is -1.06. The number of rotatable bonds is 15. The fourth-order valence-electron chi connectivity index (χ4n) is 5.23. The van der Waals surface area contributed by atoms with Crippen molar-refractivity contribution in [1.82, 2.24) is 0 Å². The maximum atomic E-state index is 13.2. The molecule has 250 valence electrons. The Morgan fingerprint density at radius 3 is 0.978 bits per heavy atom. The maximum Gasteiger partial charge on any atom is 0.310 e. The van der Waals surface area contributed by atoms with Gasteiger partial charge in [0.25, 0.3) is 0 Å². The van der Waals surface area contributed by atoms with Crippen LogP contribution in [-0.4, -0.2) is 50.3 Å². The first-order valence-electron chi connectivity index (χ1n) is 15.8. The summed E-state index contributed by atoms with van der Waals surface area (Å²) in [5.41, 5.74) is 1.45. The number of carbonyl (C=O) groups excluding carboxylic acids is 6. The number of hydrogen-bond donors (Lipinski definition) is 0. The molecule has 0 aliphatic heterocycles. The number of ether oxygens (including phenoxy) is 2. The fraction of sp³-hybridized carbons (Fsp3) is 0.526. The van der Waals surface area contributed by atoms with Gasteiger partial charge in [-0.05, 0) is 104 Å². The van der Waals surface area contributed by atoms with Gasteiger partial charge in [0.15, 0.2) is 0 Å². The minimum absolute atomic E-state index is 0.138. The van der Waals surface area contributed by atoms with Crippen molar-refractivity contribution in [2.75, 3.05) is 13.2 Å². The molecular formula is C38H50O8. The van der Waals surface area contributed by atoms with E-state index in [4.69, 9.17) is 9.47 Å². The van der Waals surface area contributed by atoms with E-state index in [1.54, 1.807) is 69.2 Å². The standard InChI is InChI=1S/C38H50O8/c1-11-45-33(43)19-31(25-13-27(35(3,4)21-39)17-28(14-25)36(5,6)22-40)32(20-34(44)46-12-2)26-15-29(37(7,8)23-41)18-30(16-26)38(9,10)24-42/h13-16,21-24H,11-12,17-20H2,1-10H3. The van der Waals surface area contributed by atoms with E-state index >= 15 is 0 Å². The third-order valence-electron chi connectivity index (χ3n) is 8.88. The second kappa shape index (κ2) is 15.1. The molecule has 0 aromatic carbocycles. The van der Waals surface area contributed by atoms with Gasteiger partial charge in [-0.3, -0.25) is 9.59 Å². The van der Waals surface area contributed by atoms with Crippen molar-refractivity contribution in [2.24, 2.45) is 21.7 Å². The van der Waals surface area contributed by atoms with Crippen LogP contribution in [0.1, 0.15) is 94.9 Å². The van der Waals surface area contributed by atoms with E-state index in [9.17, 15) is 28.8 Å². The summed E-state index contributed by atoms with van der Waals surface area (Å²) in [7, 11) is 0. The quantitative estimate of drug-likeness (QED) is 0.141. The molecule has 2 aliphatic carbocycles. The summed E-state index contributed by atoms with van der Waals surface area (Å²) >= 11 is 0. The highest BCUT2D eigenvalue weighted by Gasteiger charge is 2.35. The van der Waals surface area contributed by atoms with Gasteiger partial charge in [0, 0.05) is 21.7 Å². The highest BCUT2D eigenvalue weighted by atomic mass is 16.5. The van der Waals surface area contributed by atoms with Crippen LogP contribution < -0.4 is 0 Å². The van der Waals surface area contributed by atoms with Crippen LogP contribution in [0.2, 0.25) is 0 Å². The second-order valence-electron chi connectivity index (χ2n) is 14.2. The zero-order valence-electron chi connectivity index (χ0n) is 29.1. The number of esters is 2. The lowest BCUT2D eigenvalue weighted by molar-refractivity contribution is -0.143.